The molecule has 0 aliphatic carbocycles. The normalized spacial score (nSPS) is 11.3. The smallest absolute Gasteiger partial charge is 0.326 e. The maximum Gasteiger partial charge on any atom is 0.419 e. The monoisotopic (exact) mass is 397 g/mol. The molecule has 0 saturated heterocycles. The lowest BCUT2D eigenvalue weighted by Gasteiger charge is -2.10. The van der Waals surface area contributed by atoms with Gasteiger partial charge in [-0.15, -0.1) is 11.3 Å². The average Bonchev–Trinajstić information content (AvgIpc) is 3.03. The summed E-state index contributed by atoms with van der Waals surface area (Å²) in [6.45, 7) is 0. The van der Waals surface area contributed by atoms with Crippen LogP contribution in [0.4, 0.5) is 34.3 Å². The Balaban J connectivity index is 1.63. The van der Waals surface area contributed by atoms with Crippen molar-refractivity contribution in [1.82, 2.24) is 15.0 Å². The lowest BCUT2D eigenvalue weighted by atomic mass is 10.1. The number of alkyl halides is 3. The Hall–Kier alpha value is -3.08. The molecule has 1 aromatic carbocycles. The third-order valence-electron chi connectivity index (χ3n) is 3.23. The first-order valence-electron chi connectivity index (χ1n) is 7.46. The molecule has 0 fully saturated rings. The van der Waals surface area contributed by atoms with Gasteiger partial charge in [0.15, 0.2) is 5.13 Å². The van der Waals surface area contributed by atoms with Crippen molar-refractivity contribution in [2.45, 2.75) is 12.6 Å². The highest BCUT2D eigenvalue weighted by Crippen LogP contribution is 2.33. The minimum absolute atomic E-state index is 0.153. The summed E-state index contributed by atoms with van der Waals surface area (Å²) < 4.78 is 51.4. The number of benzene rings is 1. The summed E-state index contributed by atoms with van der Waals surface area (Å²) in [5.41, 5.74) is -1.18. The number of carbonyl (C=O) groups is 1. The molecule has 0 saturated carbocycles. The second-order valence-electron chi connectivity index (χ2n) is 5.26. The van der Waals surface area contributed by atoms with Crippen molar-refractivity contribution in [2.24, 2.45) is 0 Å². The lowest BCUT2D eigenvalue weighted by molar-refractivity contribution is -0.140. The van der Waals surface area contributed by atoms with Crippen molar-refractivity contribution in [1.29, 1.82) is 0 Å². The molecule has 11 heteroatoms. The van der Waals surface area contributed by atoms with Gasteiger partial charge in [-0.05, 0) is 24.3 Å². The van der Waals surface area contributed by atoms with E-state index in [1.54, 1.807) is 23.8 Å². The number of aromatic nitrogens is 3. The summed E-state index contributed by atoms with van der Waals surface area (Å²) in [5, 5.41) is 7.25. The Bertz CT molecular complexity index is 945. The fourth-order valence-corrected chi connectivity index (χ4v) is 2.80. The Labute approximate surface area is 154 Å². The van der Waals surface area contributed by atoms with Crippen LogP contribution in [0.25, 0.3) is 0 Å². The van der Waals surface area contributed by atoms with Crippen molar-refractivity contribution < 1.29 is 22.4 Å². The van der Waals surface area contributed by atoms with Gasteiger partial charge >= 0.3 is 6.18 Å². The van der Waals surface area contributed by atoms with Gasteiger partial charge < -0.3 is 10.6 Å². The van der Waals surface area contributed by atoms with Gasteiger partial charge in [0.1, 0.15) is 5.82 Å². The highest BCUT2D eigenvalue weighted by molar-refractivity contribution is 7.13. The number of hydrogen-bond acceptors (Lipinski definition) is 6. The van der Waals surface area contributed by atoms with E-state index in [0.717, 1.165) is 6.07 Å². The van der Waals surface area contributed by atoms with E-state index >= 15 is 0 Å². The zero-order valence-corrected chi connectivity index (χ0v) is 14.2. The lowest BCUT2D eigenvalue weighted by Crippen LogP contribution is -2.16. The molecule has 3 rings (SSSR count). The Morgan fingerprint density at radius 1 is 1.19 bits per heavy atom. The second kappa shape index (κ2) is 7.66. The number of nitrogens with one attached hydrogen (secondary N) is 2. The van der Waals surface area contributed by atoms with Gasteiger partial charge in [0.05, 0.1) is 17.7 Å². The van der Waals surface area contributed by atoms with Crippen LogP contribution in [0.1, 0.15) is 11.3 Å². The van der Waals surface area contributed by atoms with Crippen molar-refractivity contribution in [3.05, 3.63) is 59.1 Å². The minimum atomic E-state index is -4.85. The van der Waals surface area contributed by atoms with Gasteiger partial charge in [-0.25, -0.2) is 19.3 Å². The van der Waals surface area contributed by atoms with E-state index in [4.69, 9.17) is 0 Å². The van der Waals surface area contributed by atoms with Crippen molar-refractivity contribution in [3.8, 4) is 0 Å². The Morgan fingerprint density at radius 2 is 1.93 bits per heavy atom. The highest BCUT2D eigenvalue weighted by atomic mass is 32.1. The molecule has 3 aromatic rings. The number of halogens is 4. The molecule has 2 heterocycles. The third kappa shape index (κ3) is 4.97. The van der Waals surface area contributed by atoms with Gasteiger partial charge in [-0.1, -0.05) is 0 Å². The molecule has 6 nitrogen and oxygen atoms in total. The van der Waals surface area contributed by atoms with Crippen LogP contribution in [0.3, 0.4) is 0 Å². The number of carbonyl (C=O) groups excluding carboxylic acids is 1. The van der Waals surface area contributed by atoms with Crippen LogP contribution in [-0.4, -0.2) is 20.9 Å². The molecule has 0 atom stereocenters. The van der Waals surface area contributed by atoms with Crippen LogP contribution in [0.2, 0.25) is 0 Å². The second-order valence-corrected chi connectivity index (χ2v) is 6.12. The SMILES string of the molecule is O=C(Cc1csc(Nc2ncccn2)n1)Nc1ccc(F)c(C(F)(F)F)c1. The van der Waals surface area contributed by atoms with Crippen LogP contribution < -0.4 is 10.6 Å². The van der Waals surface area contributed by atoms with E-state index in [1.165, 1.54) is 11.3 Å². The first kappa shape index (κ1) is 18.7. The summed E-state index contributed by atoms with van der Waals surface area (Å²) >= 11 is 1.22. The molecular formula is C16H11F4N5OS. The summed E-state index contributed by atoms with van der Waals surface area (Å²) in [7, 11) is 0. The zero-order valence-electron chi connectivity index (χ0n) is 13.4. The molecule has 1 amide bonds. The van der Waals surface area contributed by atoms with Crippen LogP contribution in [0.15, 0.2) is 42.0 Å². The predicted molar refractivity (Wildman–Crippen MR) is 91.2 cm³/mol. The topological polar surface area (TPSA) is 79.8 Å². The molecule has 0 radical (unpaired) electrons. The molecule has 0 aliphatic rings. The van der Waals surface area contributed by atoms with Crippen LogP contribution in [0.5, 0.6) is 0 Å². The van der Waals surface area contributed by atoms with Gasteiger partial charge in [-0.3, -0.25) is 4.79 Å². The first-order valence-corrected chi connectivity index (χ1v) is 8.34. The first-order chi connectivity index (χ1) is 12.8. The maximum absolute atomic E-state index is 13.3. The molecule has 0 bridgehead atoms. The Kier molecular flexibility index (Phi) is 5.31. The van der Waals surface area contributed by atoms with Crippen molar-refractivity contribution >= 4 is 34.0 Å². The highest BCUT2D eigenvalue weighted by Gasteiger charge is 2.34. The molecule has 0 spiro atoms. The average molecular weight is 397 g/mol. The van der Waals surface area contributed by atoms with E-state index in [9.17, 15) is 22.4 Å². The van der Waals surface area contributed by atoms with E-state index in [-0.39, 0.29) is 12.1 Å². The summed E-state index contributed by atoms with van der Waals surface area (Å²) in [5.74, 6) is -1.64. The quantitative estimate of drug-likeness (QED) is 0.636. The number of amides is 1. The molecule has 0 aliphatic heterocycles. The fraction of sp³-hybridized carbons (Fsp3) is 0.125. The number of thiazole rings is 1. The predicted octanol–water partition coefficient (Wildman–Crippen LogP) is 4.02. The number of hydrogen-bond donors (Lipinski definition) is 2. The summed E-state index contributed by atoms with van der Waals surface area (Å²) in [6, 6.07) is 3.92. The molecule has 27 heavy (non-hydrogen) atoms. The number of rotatable bonds is 5. The fourth-order valence-electron chi connectivity index (χ4n) is 2.09. The number of anilines is 3. The van der Waals surface area contributed by atoms with Crippen molar-refractivity contribution in [2.75, 3.05) is 10.6 Å². The van der Waals surface area contributed by atoms with E-state index in [1.807, 2.05) is 0 Å². The standard InChI is InChI=1S/C16H11F4N5OS/c17-12-3-2-9(6-11(12)16(18,19)20)23-13(26)7-10-8-27-15(24-10)25-14-21-4-1-5-22-14/h1-6,8H,7H2,(H,23,26)(H,21,22,24,25). The minimum Gasteiger partial charge on any atom is -0.326 e. The molecule has 140 valence electrons. The summed E-state index contributed by atoms with van der Waals surface area (Å²) in [6.07, 6.45) is -1.91. The van der Waals surface area contributed by atoms with Gasteiger partial charge in [0, 0.05) is 23.5 Å². The zero-order chi connectivity index (χ0) is 19.4. The maximum atomic E-state index is 13.3. The molecule has 2 aromatic heterocycles. The van der Waals surface area contributed by atoms with Crippen LogP contribution in [-0.2, 0) is 17.4 Å². The van der Waals surface area contributed by atoms with E-state index < -0.39 is 23.5 Å². The molecule has 0 unspecified atom stereocenters. The molecular weight excluding hydrogens is 386 g/mol. The Morgan fingerprint density at radius 3 is 2.63 bits per heavy atom. The third-order valence-corrected chi connectivity index (χ3v) is 4.04. The molecule has 2 N–H and O–H groups in total. The van der Waals surface area contributed by atoms with Crippen LogP contribution in [0, 0.1) is 5.82 Å². The van der Waals surface area contributed by atoms with E-state index in [0.29, 0.717) is 28.9 Å². The van der Waals surface area contributed by atoms with Crippen LogP contribution >= 0.6 is 11.3 Å². The van der Waals surface area contributed by atoms with Gasteiger partial charge in [0.25, 0.3) is 0 Å². The van der Waals surface area contributed by atoms with Crippen molar-refractivity contribution in [3.63, 3.8) is 0 Å². The summed E-state index contributed by atoms with van der Waals surface area (Å²) in [4.78, 5) is 24.2. The van der Waals surface area contributed by atoms with Gasteiger partial charge in [-0.2, -0.15) is 13.2 Å². The number of nitrogens with zero attached hydrogens (tertiary/aromatic N) is 3. The van der Waals surface area contributed by atoms with E-state index in [2.05, 4.69) is 25.6 Å². The largest absolute Gasteiger partial charge is 0.419 e. The van der Waals surface area contributed by atoms with Gasteiger partial charge in [0.2, 0.25) is 11.9 Å².